The van der Waals surface area contributed by atoms with Gasteiger partial charge in [-0.2, -0.15) is 0 Å². The molecule has 0 aliphatic carbocycles. The molecule has 0 saturated heterocycles. The normalized spacial score (nSPS) is 13.7. The highest BCUT2D eigenvalue weighted by atomic mass is 79.9. The van der Waals surface area contributed by atoms with Crippen LogP contribution in [0.3, 0.4) is 0 Å². The molecule has 6 nitrogen and oxygen atoms in total. The van der Waals surface area contributed by atoms with Gasteiger partial charge in [0, 0.05) is 17.9 Å². The van der Waals surface area contributed by atoms with Crippen molar-refractivity contribution < 1.29 is 24.9 Å². The van der Waals surface area contributed by atoms with Crippen molar-refractivity contribution in [1.29, 1.82) is 0 Å². The van der Waals surface area contributed by atoms with E-state index in [0.29, 0.717) is 4.47 Å². The molecule has 1 amide bonds. The Hall–Kier alpha value is -1.44. The Morgan fingerprint density at radius 3 is 2.53 bits per heavy atom. The largest absolute Gasteiger partial charge is 0.478 e. The van der Waals surface area contributed by atoms with Crippen LogP contribution in [0.4, 0.5) is 0 Å². The minimum absolute atomic E-state index is 0.0913. The molecule has 0 aliphatic heterocycles. The zero-order valence-electron chi connectivity index (χ0n) is 10.1. The molecule has 4 N–H and O–H groups in total. The topological polar surface area (TPSA) is 107 Å². The lowest BCUT2D eigenvalue weighted by Gasteiger charge is -2.20. The minimum Gasteiger partial charge on any atom is -0.478 e. The molecule has 0 bridgehead atoms. The van der Waals surface area contributed by atoms with Crippen LogP contribution in [-0.2, 0) is 4.79 Å². The van der Waals surface area contributed by atoms with Crippen LogP contribution in [0.5, 0.6) is 0 Å². The van der Waals surface area contributed by atoms with E-state index in [2.05, 4.69) is 21.2 Å². The second-order valence-electron chi connectivity index (χ2n) is 3.99. The summed E-state index contributed by atoms with van der Waals surface area (Å²) in [6.45, 7) is 1.12. The van der Waals surface area contributed by atoms with E-state index in [1.807, 2.05) is 0 Å². The number of carboxylic acid groups (broad SMARTS) is 1. The van der Waals surface area contributed by atoms with Crippen molar-refractivity contribution in [2.45, 2.75) is 19.1 Å². The van der Waals surface area contributed by atoms with Gasteiger partial charge in [-0.25, -0.2) is 4.79 Å². The molecule has 2 unspecified atom stereocenters. The molecule has 1 aromatic carbocycles. The van der Waals surface area contributed by atoms with E-state index in [9.17, 15) is 19.8 Å². The molecule has 19 heavy (non-hydrogen) atoms. The van der Waals surface area contributed by atoms with Crippen molar-refractivity contribution in [2.24, 2.45) is 0 Å². The Morgan fingerprint density at radius 2 is 2.00 bits per heavy atom. The third kappa shape index (κ3) is 4.30. The molecule has 0 saturated carbocycles. The molecule has 7 heteroatoms. The Balaban J connectivity index is 2.95. The van der Waals surface area contributed by atoms with Crippen LogP contribution < -0.4 is 5.32 Å². The third-order valence-corrected chi connectivity index (χ3v) is 2.98. The van der Waals surface area contributed by atoms with E-state index in [1.54, 1.807) is 6.07 Å². The molecule has 0 aliphatic rings. The smallest absolute Gasteiger partial charge is 0.336 e. The van der Waals surface area contributed by atoms with Crippen molar-refractivity contribution in [3.8, 4) is 0 Å². The van der Waals surface area contributed by atoms with Gasteiger partial charge in [0.05, 0.1) is 5.56 Å². The van der Waals surface area contributed by atoms with Gasteiger partial charge in [-0.3, -0.25) is 4.79 Å². The van der Waals surface area contributed by atoms with Crippen molar-refractivity contribution >= 4 is 27.8 Å². The number of carbonyl (C=O) groups is 2. The van der Waals surface area contributed by atoms with E-state index in [0.717, 1.165) is 0 Å². The number of carbonyl (C=O) groups excluding carboxylic acids is 1. The van der Waals surface area contributed by atoms with Gasteiger partial charge < -0.3 is 20.6 Å². The molecule has 2 atom stereocenters. The quantitative estimate of drug-likeness (QED) is 0.634. The Bertz CT molecular complexity index is 491. The van der Waals surface area contributed by atoms with E-state index in [4.69, 9.17) is 5.11 Å². The van der Waals surface area contributed by atoms with Crippen molar-refractivity contribution in [3.05, 3.63) is 33.8 Å². The van der Waals surface area contributed by atoms with Crippen LogP contribution in [0.15, 0.2) is 22.7 Å². The van der Waals surface area contributed by atoms with Gasteiger partial charge in [0.25, 0.3) is 0 Å². The number of aliphatic hydroxyl groups excluding tert-OH is 2. The number of amides is 1. The molecule has 0 heterocycles. The summed E-state index contributed by atoms with van der Waals surface area (Å²) < 4.78 is 0.553. The summed E-state index contributed by atoms with van der Waals surface area (Å²) in [5.41, 5.74) is -0.0164. The summed E-state index contributed by atoms with van der Waals surface area (Å²) >= 11 is 3.14. The molecule has 0 spiro atoms. The van der Waals surface area contributed by atoms with Crippen molar-refractivity contribution in [1.82, 2.24) is 5.32 Å². The molecule has 1 aromatic rings. The lowest BCUT2D eigenvalue weighted by molar-refractivity contribution is -0.119. The Kier molecular flexibility index (Phi) is 5.46. The summed E-state index contributed by atoms with van der Waals surface area (Å²) in [6, 6.07) is 4.32. The average molecular weight is 332 g/mol. The van der Waals surface area contributed by atoms with Crippen LogP contribution >= 0.6 is 15.9 Å². The number of aromatic carboxylic acids is 1. The van der Waals surface area contributed by atoms with Gasteiger partial charge in [-0.05, 0) is 17.7 Å². The Labute approximate surface area is 118 Å². The maximum absolute atomic E-state index is 11.1. The van der Waals surface area contributed by atoms with Gasteiger partial charge in [0.1, 0.15) is 12.2 Å². The maximum Gasteiger partial charge on any atom is 0.336 e. The first-order valence-electron chi connectivity index (χ1n) is 5.46. The SMILES string of the molecule is CC(=O)NCC(O)C(O)c1ccc(Br)cc1C(=O)O. The molecule has 0 aromatic heterocycles. The first-order chi connectivity index (χ1) is 8.82. The second kappa shape index (κ2) is 6.65. The lowest BCUT2D eigenvalue weighted by Crippen LogP contribution is -2.34. The lowest BCUT2D eigenvalue weighted by atomic mass is 9.98. The molecule has 0 fully saturated rings. The number of rotatable bonds is 5. The standard InChI is InChI=1S/C12H14BrNO5/c1-6(15)14-5-10(16)11(17)8-3-2-7(13)4-9(8)12(18)19/h2-4,10-11,16-17H,5H2,1H3,(H,14,15)(H,18,19). The highest BCUT2D eigenvalue weighted by molar-refractivity contribution is 9.10. The fraction of sp³-hybridized carbons (Fsp3) is 0.333. The van der Waals surface area contributed by atoms with Crippen molar-refractivity contribution in [3.63, 3.8) is 0 Å². The van der Waals surface area contributed by atoms with E-state index >= 15 is 0 Å². The number of aliphatic hydroxyl groups is 2. The maximum atomic E-state index is 11.1. The number of benzene rings is 1. The van der Waals surface area contributed by atoms with E-state index < -0.39 is 18.2 Å². The van der Waals surface area contributed by atoms with Crippen LogP contribution in [0, 0.1) is 0 Å². The summed E-state index contributed by atoms with van der Waals surface area (Å²) in [7, 11) is 0. The first kappa shape index (κ1) is 15.6. The summed E-state index contributed by atoms with van der Waals surface area (Å²) in [5, 5.41) is 31.1. The summed E-state index contributed by atoms with van der Waals surface area (Å²) in [4.78, 5) is 21.8. The molecule has 1 rings (SSSR count). The predicted molar refractivity (Wildman–Crippen MR) is 70.8 cm³/mol. The average Bonchev–Trinajstić information content (AvgIpc) is 2.34. The zero-order chi connectivity index (χ0) is 14.6. The predicted octanol–water partition coefficient (Wildman–Crippen LogP) is 0.678. The van der Waals surface area contributed by atoms with Crippen molar-refractivity contribution in [2.75, 3.05) is 6.54 Å². The second-order valence-corrected chi connectivity index (χ2v) is 4.90. The third-order valence-electron chi connectivity index (χ3n) is 2.49. The van der Waals surface area contributed by atoms with Crippen LogP contribution in [-0.4, -0.2) is 39.8 Å². The molecule has 0 radical (unpaired) electrons. The van der Waals surface area contributed by atoms with Gasteiger partial charge in [-0.15, -0.1) is 0 Å². The first-order valence-corrected chi connectivity index (χ1v) is 6.25. The number of hydrogen-bond donors (Lipinski definition) is 4. The molecule has 104 valence electrons. The van der Waals surface area contributed by atoms with Gasteiger partial charge in [-0.1, -0.05) is 22.0 Å². The number of carboxylic acids is 1. The monoisotopic (exact) mass is 331 g/mol. The van der Waals surface area contributed by atoms with Crippen LogP contribution in [0.2, 0.25) is 0 Å². The Morgan fingerprint density at radius 1 is 1.37 bits per heavy atom. The minimum atomic E-state index is -1.40. The number of halogens is 1. The van der Waals surface area contributed by atoms with Gasteiger partial charge >= 0.3 is 5.97 Å². The van der Waals surface area contributed by atoms with E-state index in [1.165, 1.54) is 19.1 Å². The highest BCUT2D eigenvalue weighted by Gasteiger charge is 2.23. The number of hydrogen-bond acceptors (Lipinski definition) is 4. The zero-order valence-corrected chi connectivity index (χ0v) is 11.7. The fourth-order valence-corrected chi connectivity index (χ4v) is 1.90. The van der Waals surface area contributed by atoms with Gasteiger partial charge in [0.2, 0.25) is 5.91 Å². The fourth-order valence-electron chi connectivity index (χ4n) is 1.54. The molecular formula is C12H14BrNO5. The summed E-state index contributed by atoms with van der Waals surface area (Å²) in [5.74, 6) is -1.55. The van der Waals surface area contributed by atoms with E-state index in [-0.39, 0.29) is 23.6 Å². The van der Waals surface area contributed by atoms with Crippen LogP contribution in [0.1, 0.15) is 28.9 Å². The highest BCUT2D eigenvalue weighted by Crippen LogP contribution is 2.24. The van der Waals surface area contributed by atoms with Gasteiger partial charge in [0.15, 0.2) is 0 Å². The molecular weight excluding hydrogens is 318 g/mol. The summed E-state index contributed by atoms with van der Waals surface area (Å²) in [6.07, 6.45) is -2.69. The van der Waals surface area contributed by atoms with Crippen LogP contribution in [0.25, 0.3) is 0 Å². The number of nitrogens with one attached hydrogen (secondary N) is 1.